The van der Waals surface area contributed by atoms with Crippen LogP contribution in [0.5, 0.6) is 0 Å². The van der Waals surface area contributed by atoms with Crippen LogP contribution in [-0.2, 0) is 9.59 Å². The maximum Gasteiger partial charge on any atom is 0.303 e. The number of amides is 1. The van der Waals surface area contributed by atoms with Crippen molar-refractivity contribution in [2.24, 2.45) is 23.5 Å². The molecule has 0 rings (SSSR count). The van der Waals surface area contributed by atoms with Crippen molar-refractivity contribution < 1.29 is 14.7 Å². The highest BCUT2D eigenvalue weighted by molar-refractivity contribution is 5.76. The van der Waals surface area contributed by atoms with Crippen LogP contribution in [0, 0.1) is 17.8 Å². The van der Waals surface area contributed by atoms with Gasteiger partial charge in [-0.1, -0.05) is 27.7 Å². The third-order valence-electron chi connectivity index (χ3n) is 3.13. The third kappa shape index (κ3) is 9.47. The molecule has 0 saturated heterocycles. The van der Waals surface area contributed by atoms with Gasteiger partial charge in [0.05, 0.1) is 0 Å². The first-order valence-electron chi connectivity index (χ1n) is 6.96. The standard InChI is InChI=1S/C14H28N2O3/c1-9(2)5-11(6-14(18)19)8-16-13(17)7-12(15)10(3)4/h9-12H,5-8,15H2,1-4H3,(H,16,17)(H,18,19)/t11-,12?/m0/s1. The molecule has 0 saturated carbocycles. The lowest BCUT2D eigenvalue weighted by atomic mass is 9.94. The summed E-state index contributed by atoms with van der Waals surface area (Å²) in [6.07, 6.45) is 1.18. The van der Waals surface area contributed by atoms with E-state index >= 15 is 0 Å². The lowest BCUT2D eigenvalue weighted by molar-refractivity contribution is -0.138. The Bertz CT molecular complexity index is 290. The van der Waals surface area contributed by atoms with Gasteiger partial charge in [-0.15, -0.1) is 0 Å². The Morgan fingerprint density at radius 1 is 1.16 bits per heavy atom. The molecule has 0 heterocycles. The number of nitrogens with one attached hydrogen (secondary N) is 1. The largest absolute Gasteiger partial charge is 0.481 e. The lowest BCUT2D eigenvalue weighted by Crippen LogP contribution is -2.37. The highest BCUT2D eigenvalue weighted by atomic mass is 16.4. The minimum absolute atomic E-state index is 0.0169. The topological polar surface area (TPSA) is 92.4 Å². The molecule has 0 aliphatic carbocycles. The zero-order chi connectivity index (χ0) is 15.0. The highest BCUT2D eigenvalue weighted by Crippen LogP contribution is 2.15. The Balaban J connectivity index is 4.15. The Hall–Kier alpha value is -1.10. The summed E-state index contributed by atoms with van der Waals surface area (Å²) >= 11 is 0. The average molecular weight is 272 g/mol. The van der Waals surface area contributed by atoms with Crippen molar-refractivity contribution in [1.82, 2.24) is 5.32 Å². The van der Waals surface area contributed by atoms with Crippen molar-refractivity contribution in [2.75, 3.05) is 6.54 Å². The van der Waals surface area contributed by atoms with Crippen molar-refractivity contribution in [2.45, 2.75) is 53.0 Å². The van der Waals surface area contributed by atoms with Crippen LogP contribution in [-0.4, -0.2) is 29.6 Å². The van der Waals surface area contributed by atoms with Crippen LogP contribution in [0.1, 0.15) is 47.0 Å². The van der Waals surface area contributed by atoms with Crippen molar-refractivity contribution in [3.8, 4) is 0 Å². The summed E-state index contributed by atoms with van der Waals surface area (Å²) in [4.78, 5) is 22.5. The van der Waals surface area contributed by atoms with Crippen molar-refractivity contribution in [3.63, 3.8) is 0 Å². The Morgan fingerprint density at radius 3 is 2.16 bits per heavy atom. The third-order valence-corrected chi connectivity index (χ3v) is 3.13. The van der Waals surface area contributed by atoms with E-state index < -0.39 is 5.97 Å². The summed E-state index contributed by atoms with van der Waals surface area (Å²) in [7, 11) is 0. The minimum Gasteiger partial charge on any atom is -0.481 e. The molecule has 1 unspecified atom stereocenters. The summed E-state index contributed by atoms with van der Waals surface area (Å²) in [5.41, 5.74) is 5.83. The second-order valence-electron chi connectivity index (χ2n) is 6.01. The summed E-state index contributed by atoms with van der Waals surface area (Å²) in [5, 5.41) is 11.6. The molecule has 5 heteroatoms. The summed E-state index contributed by atoms with van der Waals surface area (Å²) in [6.45, 7) is 8.46. The van der Waals surface area contributed by atoms with Crippen LogP contribution in [0.2, 0.25) is 0 Å². The van der Waals surface area contributed by atoms with Crippen molar-refractivity contribution in [3.05, 3.63) is 0 Å². The van der Waals surface area contributed by atoms with Gasteiger partial charge in [0.1, 0.15) is 0 Å². The van der Waals surface area contributed by atoms with E-state index in [1.807, 2.05) is 27.7 Å². The first-order valence-corrected chi connectivity index (χ1v) is 6.96. The Kier molecular flexibility index (Phi) is 8.39. The van der Waals surface area contributed by atoms with Gasteiger partial charge in [-0.05, 0) is 24.2 Å². The molecule has 0 aromatic heterocycles. The second kappa shape index (κ2) is 8.91. The zero-order valence-electron chi connectivity index (χ0n) is 12.5. The molecule has 0 aliphatic heterocycles. The quantitative estimate of drug-likeness (QED) is 0.594. The van der Waals surface area contributed by atoms with Crippen LogP contribution in [0.15, 0.2) is 0 Å². The molecule has 0 radical (unpaired) electrons. The van der Waals surface area contributed by atoms with Gasteiger partial charge >= 0.3 is 5.97 Å². The average Bonchev–Trinajstić information content (AvgIpc) is 2.24. The number of aliphatic carboxylic acids is 1. The van der Waals surface area contributed by atoms with Crippen molar-refractivity contribution in [1.29, 1.82) is 0 Å². The lowest BCUT2D eigenvalue weighted by Gasteiger charge is -2.19. The number of carboxylic acids is 1. The van der Waals surface area contributed by atoms with Gasteiger partial charge in [-0.25, -0.2) is 0 Å². The van der Waals surface area contributed by atoms with E-state index in [0.717, 1.165) is 6.42 Å². The zero-order valence-corrected chi connectivity index (χ0v) is 12.5. The maximum atomic E-state index is 11.7. The molecule has 0 bridgehead atoms. The molecule has 0 fully saturated rings. The first-order chi connectivity index (χ1) is 8.72. The first kappa shape index (κ1) is 17.9. The molecule has 112 valence electrons. The van der Waals surface area contributed by atoms with Gasteiger partial charge in [0.15, 0.2) is 0 Å². The van der Waals surface area contributed by atoms with Gasteiger partial charge in [0.25, 0.3) is 0 Å². The van der Waals surface area contributed by atoms with Gasteiger partial charge in [0.2, 0.25) is 5.91 Å². The van der Waals surface area contributed by atoms with Crippen LogP contribution in [0.25, 0.3) is 0 Å². The van der Waals surface area contributed by atoms with E-state index in [2.05, 4.69) is 5.32 Å². The minimum atomic E-state index is -0.821. The molecule has 2 atom stereocenters. The summed E-state index contributed by atoms with van der Waals surface area (Å²) < 4.78 is 0. The Labute approximate surface area is 115 Å². The molecule has 1 amide bonds. The molecule has 4 N–H and O–H groups in total. The number of carboxylic acid groups (broad SMARTS) is 1. The fourth-order valence-corrected chi connectivity index (χ4v) is 1.93. The monoisotopic (exact) mass is 272 g/mol. The predicted octanol–water partition coefficient (Wildman–Crippen LogP) is 1.61. The number of hydrogen-bond donors (Lipinski definition) is 3. The van der Waals surface area contributed by atoms with E-state index in [1.165, 1.54) is 0 Å². The molecular formula is C14H28N2O3. The van der Waals surface area contributed by atoms with E-state index in [9.17, 15) is 9.59 Å². The SMILES string of the molecule is CC(C)C[C@H](CNC(=O)CC(N)C(C)C)CC(=O)O. The number of rotatable bonds is 9. The molecule has 0 aromatic carbocycles. The molecule has 0 spiro atoms. The van der Waals surface area contributed by atoms with Gasteiger partial charge < -0.3 is 16.2 Å². The van der Waals surface area contributed by atoms with E-state index in [4.69, 9.17) is 10.8 Å². The van der Waals surface area contributed by atoms with E-state index in [-0.39, 0.29) is 30.2 Å². The van der Waals surface area contributed by atoms with Crippen molar-refractivity contribution >= 4 is 11.9 Å². The predicted molar refractivity (Wildman–Crippen MR) is 75.6 cm³/mol. The van der Waals surface area contributed by atoms with Crippen LogP contribution in [0.3, 0.4) is 0 Å². The molecule has 19 heavy (non-hydrogen) atoms. The molecule has 5 nitrogen and oxygen atoms in total. The van der Waals surface area contributed by atoms with Gasteiger partial charge in [-0.3, -0.25) is 9.59 Å². The second-order valence-corrected chi connectivity index (χ2v) is 6.01. The fraction of sp³-hybridized carbons (Fsp3) is 0.857. The maximum absolute atomic E-state index is 11.7. The van der Waals surface area contributed by atoms with E-state index in [1.54, 1.807) is 0 Å². The van der Waals surface area contributed by atoms with Crippen LogP contribution < -0.4 is 11.1 Å². The number of nitrogens with two attached hydrogens (primary N) is 1. The molecule has 0 aliphatic rings. The van der Waals surface area contributed by atoms with Crippen LogP contribution >= 0.6 is 0 Å². The normalized spacial score (nSPS) is 14.5. The molecule has 0 aromatic rings. The summed E-state index contributed by atoms with van der Waals surface area (Å²) in [5.74, 6) is -0.258. The number of hydrogen-bond acceptors (Lipinski definition) is 3. The smallest absolute Gasteiger partial charge is 0.303 e. The van der Waals surface area contributed by atoms with Gasteiger partial charge in [0, 0.05) is 25.4 Å². The van der Waals surface area contributed by atoms with E-state index in [0.29, 0.717) is 18.9 Å². The van der Waals surface area contributed by atoms with Crippen LogP contribution in [0.4, 0.5) is 0 Å². The summed E-state index contributed by atoms with van der Waals surface area (Å²) in [6, 6.07) is -0.150. The number of carbonyl (C=O) groups excluding carboxylic acids is 1. The number of carbonyl (C=O) groups is 2. The van der Waals surface area contributed by atoms with Gasteiger partial charge in [-0.2, -0.15) is 0 Å². The fourth-order valence-electron chi connectivity index (χ4n) is 1.93. The molecular weight excluding hydrogens is 244 g/mol. The highest BCUT2D eigenvalue weighted by Gasteiger charge is 2.17. The Morgan fingerprint density at radius 2 is 1.74 bits per heavy atom.